The first-order chi connectivity index (χ1) is 16.2. The second-order valence-corrected chi connectivity index (χ2v) is 9.62. The minimum absolute atomic E-state index is 0.0447. The molecule has 6 rings (SSSR count). The summed E-state index contributed by atoms with van der Waals surface area (Å²) < 4.78 is 0. The van der Waals surface area contributed by atoms with E-state index in [1.807, 2.05) is 35.2 Å². The Morgan fingerprint density at radius 3 is 2.48 bits per heavy atom. The van der Waals surface area contributed by atoms with Gasteiger partial charge < -0.3 is 10.2 Å². The maximum atomic E-state index is 13.1. The number of nitrogens with one attached hydrogen (secondary N) is 2. The molecule has 0 spiro atoms. The predicted octanol–water partition coefficient (Wildman–Crippen LogP) is 4.12. The summed E-state index contributed by atoms with van der Waals surface area (Å²) in [4.78, 5) is 27.7. The highest BCUT2D eigenvalue weighted by molar-refractivity contribution is 5.98. The first-order valence-electron chi connectivity index (χ1n) is 12.0. The van der Waals surface area contributed by atoms with E-state index in [0.29, 0.717) is 11.6 Å². The molecule has 168 valence electrons. The van der Waals surface area contributed by atoms with Crippen molar-refractivity contribution in [2.75, 3.05) is 6.54 Å². The fraction of sp³-hybridized carbons (Fsp3) is 0.370. The van der Waals surface area contributed by atoms with Crippen molar-refractivity contribution in [3.63, 3.8) is 0 Å². The highest BCUT2D eigenvalue weighted by Gasteiger charge is 2.32. The van der Waals surface area contributed by atoms with E-state index in [4.69, 9.17) is 0 Å². The van der Waals surface area contributed by atoms with Crippen molar-refractivity contribution in [1.82, 2.24) is 20.4 Å². The molecule has 3 aromatic rings. The van der Waals surface area contributed by atoms with E-state index in [1.54, 1.807) is 0 Å². The molecule has 0 bridgehead atoms. The van der Waals surface area contributed by atoms with Crippen LogP contribution in [0.4, 0.5) is 0 Å². The van der Waals surface area contributed by atoms with Gasteiger partial charge in [0.1, 0.15) is 5.69 Å². The molecule has 2 aromatic carbocycles. The van der Waals surface area contributed by atoms with E-state index in [2.05, 4.69) is 33.7 Å². The summed E-state index contributed by atoms with van der Waals surface area (Å²) in [6, 6.07) is 16.4. The van der Waals surface area contributed by atoms with Gasteiger partial charge in [-0.2, -0.15) is 5.10 Å². The van der Waals surface area contributed by atoms with Gasteiger partial charge >= 0.3 is 0 Å². The quantitative estimate of drug-likeness (QED) is 0.641. The minimum atomic E-state index is -0.0447. The first-order valence-corrected chi connectivity index (χ1v) is 12.0. The normalized spacial score (nSPS) is 21.3. The second kappa shape index (κ2) is 8.18. The Hall–Kier alpha value is -3.41. The van der Waals surface area contributed by atoms with Crippen molar-refractivity contribution in [1.29, 1.82) is 0 Å². The Labute approximate surface area is 193 Å². The van der Waals surface area contributed by atoms with Gasteiger partial charge in [0.15, 0.2) is 0 Å². The number of nitrogens with zero attached hydrogens (tertiary/aromatic N) is 2. The van der Waals surface area contributed by atoms with Gasteiger partial charge in [0, 0.05) is 35.8 Å². The number of amides is 2. The van der Waals surface area contributed by atoms with Gasteiger partial charge in [-0.25, -0.2) is 0 Å². The fourth-order valence-electron chi connectivity index (χ4n) is 5.77. The number of aromatic nitrogens is 2. The van der Waals surface area contributed by atoms with E-state index in [-0.39, 0.29) is 17.9 Å². The average Bonchev–Trinajstić information content (AvgIpc) is 3.42. The SMILES string of the molecule is O=C(NC1CCC(CN2Cc3ccccc3C2=O)CC1)c1[nH]nc2c1CCc1ccccc1-2. The summed E-state index contributed by atoms with van der Waals surface area (Å²) in [5, 5.41) is 10.7. The molecule has 1 saturated carbocycles. The van der Waals surface area contributed by atoms with E-state index < -0.39 is 0 Å². The zero-order chi connectivity index (χ0) is 22.4. The molecular weight excluding hydrogens is 412 g/mol. The molecule has 3 aliphatic rings. The molecule has 0 atom stereocenters. The molecule has 2 aliphatic carbocycles. The minimum Gasteiger partial charge on any atom is -0.348 e. The van der Waals surface area contributed by atoms with Crippen LogP contribution in [0, 0.1) is 5.92 Å². The number of benzene rings is 2. The highest BCUT2D eigenvalue weighted by atomic mass is 16.2. The maximum absolute atomic E-state index is 13.1. The van der Waals surface area contributed by atoms with Crippen LogP contribution in [0.5, 0.6) is 0 Å². The lowest BCUT2D eigenvalue weighted by molar-refractivity contribution is 0.0732. The lowest BCUT2D eigenvalue weighted by atomic mass is 9.85. The summed E-state index contributed by atoms with van der Waals surface area (Å²) in [7, 11) is 0. The van der Waals surface area contributed by atoms with Gasteiger partial charge in [-0.3, -0.25) is 14.7 Å². The van der Waals surface area contributed by atoms with Crippen molar-refractivity contribution < 1.29 is 9.59 Å². The monoisotopic (exact) mass is 440 g/mol. The van der Waals surface area contributed by atoms with E-state index in [0.717, 1.165) is 79.6 Å². The summed E-state index contributed by atoms with van der Waals surface area (Å²) in [6.45, 7) is 1.53. The smallest absolute Gasteiger partial charge is 0.269 e. The Morgan fingerprint density at radius 2 is 1.70 bits per heavy atom. The Kier molecular flexibility index (Phi) is 5.01. The lowest BCUT2D eigenvalue weighted by Gasteiger charge is -2.31. The molecule has 6 heteroatoms. The van der Waals surface area contributed by atoms with Crippen molar-refractivity contribution in [2.45, 2.75) is 51.1 Å². The van der Waals surface area contributed by atoms with E-state index in [1.165, 1.54) is 5.56 Å². The molecule has 2 heterocycles. The first kappa shape index (κ1) is 20.2. The number of carbonyl (C=O) groups is 2. The number of aromatic amines is 1. The van der Waals surface area contributed by atoms with Crippen LogP contribution in [0.25, 0.3) is 11.3 Å². The lowest BCUT2D eigenvalue weighted by Crippen LogP contribution is -2.40. The third kappa shape index (κ3) is 3.63. The van der Waals surface area contributed by atoms with Crippen LogP contribution in [0.1, 0.15) is 63.2 Å². The summed E-state index contributed by atoms with van der Waals surface area (Å²) in [6.07, 6.45) is 5.73. The van der Waals surface area contributed by atoms with Gasteiger partial charge in [0.2, 0.25) is 0 Å². The fourth-order valence-corrected chi connectivity index (χ4v) is 5.77. The Balaban J connectivity index is 1.05. The van der Waals surface area contributed by atoms with Crippen LogP contribution in [-0.2, 0) is 19.4 Å². The van der Waals surface area contributed by atoms with Gasteiger partial charge in [0.05, 0.1) is 5.69 Å². The zero-order valence-electron chi connectivity index (χ0n) is 18.6. The van der Waals surface area contributed by atoms with Crippen LogP contribution >= 0.6 is 0 Å². The van der Waals surface area contributed by atoms with Crippen LogP contribution < -0.4 is 5.32 Å². The molecule has 1 aliphatic heterocycles. The van der Waals surface area contributed by atoms with Gasteiger partial charge in [0.25, 0.3) is 11.8 Å². The molecule has 1 aromatic heterocycles. The van der Waals surface area contributed by atoms with Crippen molar-refractivity contribution in [2.24, 2.45) is 5.92 Å². The van der Waals surface area contributed by atoms with Crippen LogP contribution in [-0.4, -0.2) is 39.5 Å². The third-order valence-electron chi connectivity index (χ3n) is 7.57. The van der Waals surface area contributed by atoms with Gasteiger partial charge in [-0.15, -0.1) is 0 Å². The van der Waals surface area contributed by atoms with E-state index in [9.17, 15) is 9.59 Å². The van der Waals surface area contributed by atoms with Crippen molar-refractivity contribution in [3.05, 3.63) is 76.5 Å². The summed E-state index contributed by atoms with van der Waals surface area (Å²) >= 11 is 0. The molecule has 2 amide bonds. The van der Waals surface area contributed by atoms with Crippen LogP contribution in [0.15, 0.2) is 48.5 Å². The van der Waals surface area contributed by atoms with Crippen molar-refractivity contribution >= 4 is 11.8 Å². The number of H-pyrrole nitrogens is 1. The number of hydrogen-bond acceptors (Lipinski definition) is 3. The summed E-state index contributed by atoms with van der Waals surface area (Å²) in [5.41, 5.74) is 6.98. The number of aryl methyl sites for hydroxylation is 1. The standard InChI is InChI=1S/C27H28N4O2/c32-26(25-23-14-11-18-5-1-3-7-21(18)24(23)29-30-25)28-20-12-9-17(10-13-20)15-31-16-19-6-2-4-8-22(19)27(31)33/h1-8,17,20H,9-16H2,(H,28,32)(H,29,30). The number of fused-ring (bicyclic) bond motifs is 4. The van der Waals surface area contributed by atoms with Crippen molar-refractivity contribution in [3.8, 4) is 11.3 Å². The highest BCUT2D eigenvalue weighted by Crippen LogP contribution is 2.34. The van der Waals surface area contributed by atoms with Gasteiger partial charge in [-0.1, -0.05) is 42.5 Å². The summed E-state index contributed by atoms with van der Waals surface area (Å²) in [5.74, 6) is 0.608. The molecule has 0 saturated heterocycles. The Morgan fingerprint density at radius 1 is 0.970 bits per heavy atom. The number of carbonyl (C=O) groups excluding carboxylic acids is 2. The maximum Gasteiger partial charge on any atom is 0.269 e. The average molecular weight is 441 g/mol. The molecule has 0 radical (unpaired) electrons. The zero-order valence-corrected chi connectivity index (χ0v) is 18.6. The van der Waals surface area contributed by atoms with Crippen LogP contribution in [0.3, 0.4) is 0 Å². The number of hydrogen-bond donors (Lipinski definition) is 2. The molecular formula is C27H28N4O2. The van der Waals surface area contributed by atoms with Gasteiger partial charge in [-0.05, 0) is 61.6 Å². The largest absolute Gasteiger partial charge is 0.348 e. The number of rotatable bonds is 4. The second-order valence-electron chi connectivity index (χ2n) is 9.62. The molecule has 6 nitrogen and oxygen atoms in total. The van der Waals surface area contributed by atoms with E-state index >= 15 is 0 Å². The molecule has 1 fully saturated rings. The Bertz CT molecular complexity index is 1220. The van der Waals surface area contributed by atoms with Crippen LogP contribution in [0.2, 0.25) is 0 Å². The predicted molar refractivity (Wildman–Crippen MR) is 126 cm³/mol. The topological polar surface area (TPSA) is 78.1 Å². The third-order valence-corrected chi connectivity index (χ3v) is 7.57. The molecule has 33 heavy (non-hydrogen) atoms. The molecule has 0 unspecified atom stereocenters. The molecule has 2 N–H and O–H groups in total.